The summed E-state index contributed by atoms with van der Waals surface area (Å²) in [7, 11) is 4.87. The van der Waals surface area contributed by atoms with Crippen molar-refractivity contribution in [3.05, 3.63) is 0 Å². The van der Waals surface area contributed by atoms with E-state index in [2.05, 4.69) is 4.90 Å². The predicted molar refractivity (Wildman–Crippen MR) is 89.5 cm³/mol. The van der Waals surface area contributed by atoms with Gasteiger partial charge in [-0.25, -0.2) is 14.5 Å². The second-order valence-corrected chi connectivity index (χ2v) is 6.33. The summed E-state index contributed by atoms with van der Waals surface area (Å²) in [6, 6.07) is 0.254. The molecule has 1 saturated heterocycles. The maximum absolute atomic E-state index is 12.3. The van der Waals surface area contributed by atoms with Crippen LogP contribution in [0.1, 0.15) is 32.1 Å². The number of carbonyl (C=O) groups is 2. The van der Waals surface area contributed by atoms with Gasteiger partial charge in [0.15, 0.2) is 0 Å². The van der Waals surface area contributed by atoms with Crippen molar-refractivity contribution in [1.82, 2.24) is 19.6 Å². The molecule has 1 saturated carbocycles. The van der Waals surface area contributed by atoms with E-state index in [0.29, 0.717) is 6.04 Å². The van der Waals surface area contributed by atoms with Crippen molar-refractivity contribution in [1.29, 1.82) is 0 Å². The summed E-state index contributed by atoms with van der Waals surface area (Å²) >= 11 is 0. The van der Waals surface area contributed by atoms with Crippen LogP contribution in [-0.4, -0.2) is 85.0 Å². The first-order valence-electron chi connectivity index (χ1n) is 7.98. The van der Waals surface area contributed by atoms with Gasteiger partial charge in [-0.2, -0.15) is 0 Å². The molecule has 0 atom stereocenters. The minimum absolute atomic E-state index is 0. The number of imide groups is 1. The summed E-state index contributed by atoms with van der Waals surface area (Å²) in [6.45, 7) is 3.31. The van der Waals surface area contributed by atoms with Crippen LogP contribution < -0.4 is 0 Å². The van der Waals surface area contributed by atoms with Gasteiger partial charge in [0.05, 0.1) is 0 Å². The number of carbonyl (C=O) groups excluding carboxylic acids is 2. The average Bonchev–Trinajstić information content (AvgIpc) is 2.53. The first-order chi connectivity index (χ1) is 10.0. The Bertz CT molecular complexity index is 378. The lowest BCUT2D eigenvalue weighted by atomic mass is 9.94. The van der Waals surface area contributed by atoms with Gasteiger partial charge in [-0.3, -0.25) is 4.90 Å². The molecule has 0 aromatic heterocycles. The van der Waals surface area contributed by atoms with Crippen LogP contribution in [0.25, 0.3) is 0 Å². The van der Waals surface area contributed by atoms with Crippen LogP contribution in [0.2, 0.25) is 0 Å². The Morgan fingerprint density at radius 1 is 0.909 bits per heavy atom. The number of hydrogen-bond acceptors (Lipinski definition) is 3. The van der Waals surface area contributed by atoms with Crippen molar-refractivity contribution in [3.8, 4) is 0 Å². The highest BCUT2D eigenvalue weighted by Gasteiger charge is 2.30. The van der Waals surface area contributed by atoms with Crippen molar-refractivity contribution in [3.63, 3.8) is 0 Å². The van der Waals surface area contributed by atoms with Crippen molar-refractivity contribution in [2.45, 2.75) is 38.1 Å². The topological polar surface area (TPSA) is 47.1 Å². The molecule has 0 radical (unpaired) electrons. The minimum Gasteiger partial charge on any atom is -0.330 e. The molecule has 0 aromatic carbocycles. The molecule has 1 aliphatic heterocycles. The van der Waals surface area contributed by atoms with E-state index in [1.165, 1.54) is 41.9 Å². The average molecular weight is 333 g/mol. The Hall–Kier alpha value is -1.01. The number of rotatable bonds is 1. The van der Waals surface area contributed by atoms with Gasteiger partial charge in [-0.1, -0.05) is 19.3 Å². The van der Waals surface area contributed by atoms with E-state index in [9.17, 15) is 9.59 Å². The first-order valence-corrected chi connectivity index (χ1v) is 7.98. The monoisotopic (exact) mass is 332 g/mol. The molecule has 1 aliphatic carbocycles. The quantitative estimate of drug-likeness (QED) is 0.738. The first kappa shape index (κ1) is 19.0. The fourth-order valence-corrected chi connectivity index (χ4v) is 3.32. The summed E-state index contributed by atoms with van der Waals surface area (Å²) in [4.78, 5) is 31.1. The van der Waals surface area contributed by atoms with Crippen LogP contribution in [0.4, 0.5) is 9.59 Å². The number of nitrogens with zero attached hydrogens (tertiary/aromatic N) is 4. The highest BCUT2D eigenvalue weighted by atomic mass is 35.5. The van der Waals surface area contributed by atoms with Crippen molar-refractivity contribution in [2.75, 3.05) is 47.3 Å². The molecule has 0 aromatic rings. The van der Waals surface area contributed by atoms with Gasteiger partial charge in [-0.05, 0) is 12.8 Å². The zero-order chi connectivity index (χ0) is 15.4. The van der Waals surface area contributed by atoms with Crippen molar-refractivity contribution in [2.24, 2.45) is 0 Å². The minimum atomic E-state index is -0.269. The number of hydrogen-bond donors (Lipinski definition) is 0. The summed E-state index contributed by atoms with van der Waals surface area (Å²) in [5, 5.41) is 0. The Morgan fingerprint density at radius 2 is 1.45 bits per heavy atom. The normalized spacial score (nSPS) is 20.2. The molecule has 2 rings (SSSR count). The maximum atomic E-state index is 12.3. The SMILES string of the molecule is CN(C)C(=O)N(C)C(=O)N1CCN(C2CCCCC2)CC1.Cl. The molecule has 2 fully saturated rings. The van der Waals surface area contributed by atoms with E-state index in [1.807, 2.05) is 0 Å². The number of piperazine rings is 1. The van der Waals surface area contributed by atoms with Crippen LogP contribution in [0.15, 0.2) is 0 Å². The van der Waals surface area contributed by atoms with E-state index < -0.39 is 0 Å². The van der Waals surface area contributed by atoms with Crippen LogP contribution in [-0.2, 0) is 0 Å². The largest absolute Gasteiger partial charge is 0.330 e. The van der Waals surface area contributed by atoms with Gasteiger partial charge in [0.2, 0.25) is 0 Å². The van der Waals surface area contributed by atoms with Crippen molar-refractivity contribution >= 4 is 24.5 Å². The third-order valence-electron chi connectivity index (χ3n) is 4.63. The molecule has 128 valence electrons. The van der Waals surface area contributed by atoms with Gasteiger partial charge >= 0.3 is 12.1 Å². The summed E-state index contributed by atoms with van der Waals surface area (Å²) in [6.07, 6.45) is 6.64. The van der Waals surface area contributed by atoms with Crippen molar-refractivity contribution < 1.29 is 9.59 Å². The molecule has 22 heavy (non-hydrogen) atoms. The van der Waals surface area contributed by atoms with Crippen LogP contribution in [0, 0.1) is 0 Å². The van der Waals surface area contributed by atoms with Crippen LogP contribution >= 0.6 is 12.4 Å². The number of amides is 4. The molecule has 0 unspecified atom stereocenters. The predicted octanol–water partition coefficient (Wildman–Crippen LogP) is 2.09. The van der Waals surface area contributed by atoms with E-state index >= 15 is 0 Å². The molecule has 2 aliphatic rings. The molecular formula is C15H29ClN4O2. The maximum Gasteiger partial charge on any atom is 0.327 e. The van der Waals surface area contributed by atoms with Gasteiger partial charge in [-0.15, -0.1) is 12.4 Å². The molecular weight excluding hydrogens is 304 g/mol. The lowest BCUT2D eigenvalue weighted by Gasteiger charge is -2.41. The highest BCUT2D eigenvalue weighted by Crippen LogP contribution is 2.23. The lowest BCUT2D eigenvalue weighted by molar-refractivity contribution is 0.0816. The second-order valence-electron chi connectivity index (χ2n) is 6.33. The van der Waals surface area contributed by atoms with Gasteiger partial charge in [0.1, 0.15) is 0 Å². The zero-order valence-corrected chi connectivity index (χ0v) is 14.8. The standard InChI is InChI=1S/C15H28N4O2.ClH/c1-16(2)14(20)17(3)15(21)19-11-9-18(10-12-19)13-7-5-4-6-8-13;/h13H,4-12H2,1-3H3;1H. The van der Waals surface area contributed by atoms with Crippen LogP contribution in [0.5, 0.6) is 0 Å². The van der Waals surface area contributed by atoms with Gasteiger partial charge in [0.25, 0.3) is 0 Å². The Kier molecular flexibility index (Phi) is 7.42. The fraction of sp³-hybridized carbons (Fsp3) is 0.867. The molecule has 0 N–H and O–H groups in total. The smallest absolute Gasteiger partial charge is 0.327 e. The molecule has 0 bridgehead atoms. The molecule has 6 nitrogen and oxygen atoms in total. The lowest BCUT2D eigenvalue weighted by Crippen LogP contribution is -2.56. The third kappa shape index (κ3) is 4.49. The van der Waals surface area contributed by atoms with E-state index in [1.54, 1.807) is 26.0 Å². The van der Waals surface area contributed by atoms with Crippen LogP contribution in [0.3, 0.4) is 0 Å². The zero-order valence-electron chi connectivity index (χ0n) is 14.0. The van der Waals surface area contributed by atoms with E-state index in [4.69, 9.17) is 0 Å². The Balaban J connectivity index is 0.00000242. The second kappa shape index (κ2) is 8.58. The van der Waals surface area contributed by atoms with Gasteiger partial charge < -0.3 is 9.80 Å². The third-order valence-corrected chi connectivity index (χ3v) is 4.63. The fourth-order valence-electron chi connectivity index (χ4n) is 3.32. The molecule has 0 spiro atoms. The Labute approximate surface area is 139 Å². The van der Waals surface area contributed by atoms with E-state index in [0.717, 1.165) is 26.2 Å². The highest BCUT2D eigenvalue weighted by molar-refractivity contribution is 5.93. The summed E-state index contributed by atoms with van der Waals surface area (Å²) in [5.74, 6) is 0. The van der Waals surface area contributed by atoms with Gasteiger partial charge in [0, 0.05) is 53.4 Å². The number of halogens is 1. The van der Waals surface area contributed by atoms with E-state index in [-0.39, 0.29) is 24.5 Å². The number of urea groups is 2. The molecule has 4 amide bonds. The molecule has 7 heteroatoms. The summed E-state index contributed by atoms with van der Waals surface area (Å²) in [5.41, 5.74) is 0. The Morgan fingerprint density at radius 3 is 1.95 bits per heavy atom. The molecule has 1 heterocycles. The summed E-state index contributed by atoms with van der Waals surface area (Å²) < 4.78 is 0.